The quantitative estimate of drug-likeness (QED) is 0.868. The van der Waals surface area contributed by atoms with Gasteiger partial charge in [0.1, 0.15) is 5.82 Å². The lowest BCUT2D eigenvalue weighted by Crippen LogP contribution is -2.38. The first-order valence-electron chi connectivity index (χ1n) is 8.61. The number of benzene rings is 1. The summed E-state index contributed by atoms with van der Waals surface area (Å²) in [5.74, 6) is -0.447. The topological polar surface area (TPSA) is 51.2 Å². The number of hydrogen-bond acceptors (Lipinski definition) is 3. The van der Waals surface area contributed by atoms with Crippen LogP contribution in [0.25, 0.3) is 11.3 Å². The normalized spacial score (nSPS) is 15.9. The number of aromatic nitrogens is 1. The molecule has 1 amide bonds. The van der Waals surface area contributed by atoms with Gasteiger partial charge < -0.3 is 10.1 Å². The Balaban J connectivity index is 1.63. The van der Waals surface area contributed by atoms with Crippen LogP contribution in [0.5, 0.6) is 0 Å². The van der Waals surface area contributed by atoms with E-state index in [-0.39, 0.29) is 17.1 Å². The Hall–Kier alpha value is -2.27. The van der Waals surface area contributed by atoms with E-state index >= 15 is 0 Å². The van der Waals surface area contributed by atoms with Gasteiger partial charge in [0.15, 0.2) is 0 Å². The van der Waals surface area contributed by atoms with Gasteiger partial charge in [0.05, 0.1) is 18.5 Å². The molecular weight excluding hydrogens is 319 g/mol. The average molecular weight is 342 g/mol. The standard InChI is InChI=1S/C20H23FN2O2/c1-25-14-20(10-2-3-11-20)13-23-19(24)16-6-4-15(5-7-16)18-9-8-17(21)12-22-18/h4-9,12H,2-3,10-11,13-14H2,1H3,(H,23,24). The van der Waals surface area contributed by atoms with Gasteiger partial charge in [0.2, 0.25) is 0 Å². The molecule has 0 bridgehead atoms. The van der Waals surface area contributed by atoms with Crippen LogP contribution in [0.2, 0.25) is 0 Å². The van der Waals surface area contributed by atoms with Gasteiger partial charge in [-0.05, 0) is 37.1 Å². The van der Waals surface area contributed by atoms with Gasteiger partial charge in [-0.2, -0.15) is 0 Å². The number of nitrogens with one attached hydrogen (secondary N) is 1. The van der Waals surface area contributed by atoms with Crippen LogP contribution in [0.4, 0.5) is 4.39 Å². The lowest BCUT2D eigenvalue weighted by atomic mass is 9.87. The molecule has 1 saturated carbocycles. The number of ether oxygens (including phenoxy) is 1. The summed E-state index contributed by atoms with van der Waals surface area (Å²) in [6.07, 6.45) is 5.76. The van der Waals surface area contributed by atoms with Gasteiger partial charge in [-0.25, -0.2) is 4.39 Å². The zero-order valence-electron chi connectivity index (χ0n) is 14.4. The smallest absolute Gasteiger partial charge is 0.251 e. The van der Waals surface area contributed by atoms with Gasteiger partial charge in [-0.3, -0.25) is 9.78 Å². The van der Waals surface area contributed by atoms with Gasteiger partial charge >= 0.3 is 0 Å². The second-order valence-electron chi connectivity index (χ2n) is 6.76. The molecule has 1 heterocycles. The molecule has 1 N–H and O–H groups in total. The van der Waals surface area contributed by atoms with Crippen molar-refractivity contribution >= 4 is 5.91 Å². The molecule has 25 heavy (non-hydrogen) atoms. The second kappa shape index (κ2) is 7.74. The van der Waals surface area contributed by atoms with Crippen LogP contribution < -0.4 is 5.32 Å². The molecule has 1 aromatic heterocycles. The van der Waals surface area contributed by atoms with Crippen molar-refractivity contribution in [3.05, 3.63) is 54.0 Å². The number of carbonyl (C=O) groups is 1. The van der Waals surface area contributed by atoms with Crippen molar-refractivity contribution < 1.29 is 13.9 Å². The molecule has 0 unspecified atom stereocenters. The molecule has 2 aromatic rings. The highest BCUT2D eigenvalue weighted by molar-refractivity contribution is 5.94. The van der Waals surface area contributed by atoms with Gasteiger partial charge in [-0.1, -0.05) is 25.0 Å². The van der Waals surface area contributed by atoms with E-state index < -0.39 is 0 Å². The predicted octanol–water partition coefficient (Wildman–Crippen LogP) is 3.82. The highest BCUT2D eigenvalue weighted by Crippen LogP contribution is 2.37. The number of halogens is 1. The molecule has 1 aliphatic carbocycles. The van der Waals surface area contributed by atoms with Crippen LogP contribution in [-0.4, -0.2) is 31.2 Å². The summed E-state index contributed by atoms with van der Waals surface area (Å²) >= 11 is 0. The first-order chi connectivity index (χ1) is 12.1. The van der Waals surface area contributed by atoms with E-state index in [4.69, 9.17) is 4.74 Å². The Labute approximate surface area is 147 Å². The Morgan fingerprint density at radius 3 is 2.52 bits per heavy atom. The minimum atomic E-state index is -0.364. The lowest BCUT2D eigenvalue weighted by Gasteiger charge is -2.28. The molecule has 4 nitrogen and oxygen atoms in total. The summed E-state index contributed by atoms with van der Waals surface area (Å²) in [6.45, 7) is 1.32. The fourth-order valence-electron chi connectivity index (χ4n) is 3.51. The molecule has 0 aliphatic heterocycles. The van der Waals surface area contributed by atoms with Crippen LogP contribution >= 0.6 is 0 Å². The third-order valence-electron chi connectivity index (χ3n) is 4.91. The Bertz CT molecular complexity index is 707. The van der Waals surface area contributed by atoms with E-state index in [1.54, 1.807) is 25.3 Å². The minimum Gasteiger partial charge on any atom is -0.384 e. The number of rotatable bonds is 6. The molecule has 0 atom stereocenters. The van der Waals surface area contributed by atoms with Crippen molar-refractivity contribution in [2.75, 3.05) is 20.3 Å². The van der Waals surface area contributed by atoms with E-state index in [1.165, 1.54) is 25.1 Å². The molecular formula is C20H23FN2O2. The highest BCUT2D eigenvalue weighted by atomic mass is 19.1. The first-order valence-corrected chi connectivity index (χ1v) is 8.61. The van der Waals surface area contributed by atoms with Gasteiger partial charge in [-0.15, -0.1) is 0 Å². The number of amides is 1. The van der Waals surface area contributed by atoms with E-state index in [2.05, 4.69) is 10.3 Å². The van der Waals surface area contributed by atoms with Gasteiger partial charge in [0.25, 0.3) is 5.91 Å². The van der Waals surface area contributed by atoms with Crippen LogP contribution in [0.15, 0.2) is 42.6 Å². The number of carbonyl (C=O) groups excluding carboxylic acids is 1. The predicted molar refractivity (Wildman–Crippen MR) is 94.7 cm³/mol. The molecule has 1 aliphatic rings. The summed E-state index contributed by atoms with van der Waals surface area (Å²) < 4.78 is 18.3. The second-order valence-corrected chi connectivity index (χ2v) is 6.76. The Morgan fingerprint density at radius 1 is 1.20 bits per heavy atom. The number of nitrogens with zero attached hydrogens (tertiary/aromatic N) is 1. The monoisotopic (exact) mass is 342 g/mol. The van der Waals surface area contributed by atoms with E-state index in [0.29, 0.717) is 24.4 Å². The Morgan fingerprint density at radius 2 is 1.92 bits per heavy atom. The maximum Gasteiger partial charge on any atom is 0.251 e. The van der Waals surface area contributed by atoms with Crippen molar-refractivity contribution in [2.24, 2.45) is 5.41 Å². The highest BCUT2D eigenvalue weighted by Gasteiger charge is 2.34. The molecule has 0 saturated heterocycles. The minimum absolute atomic E-state index is 0.0718. The Kier molecular flexibility index (Phi) is 5.43. The largest absolute Gasteiger partial charge is 0.384 e. The SMILES string of the molecule is COCC1(CNC(=O)c2ccc(-c3ccc(F)cn3)cc2)CCCC1. The first kappa shape index (κ1) is 17.5. The van der Waals surface area contributed by atoms with E-state index in [1.807, 2.05) is 12.1 Å². The van der Waals surface area contributed by atoms with E-state index in [0.717, 1.165) is 18.4 Å². The number of pyridine rings is 1. The zero-order valence-corrected chi connectivity index (χ0v) is 14.4. The van der Waals surface area contributed by atoms with E-state index in [9.17, 15) is 9.18 Å². The molecule has 3 rings (SSSR count). The summed E-state index contributed by atoms with van der Waals surface area (Å²) in [5, 5.41) is 3.05. The van der Waals surface area contributed by atoms with Crippen LogP contribution in [0.3, 0.4) is 0 Å². The molecule has 0 spiro atoms. The summed E-state index contributed by atoms with van der Waals surface area (Å²) in [7, 11) is 1.71. The van der Waals surface area contributed by atoms with Crippen LogP contribution in [0.1, 0.15) is 36.0 Å². The fraction of sp³-hybridized carbons (Fsp3) is 0.400. The van der Waals surface area contributed by atoms with Crippen LogP contribution in [0, 0.1) is 11.2 Å². The van der Waals surface area contributed by atoms with Crippen LogP contribution in [-0.2, 0) is 4.74 Å². The summed E-state index contributed by atoms with van der Waals surface area (Å²) in [4.78, 5) is 16.5. The molecule has 0 radical (unpaired) electrons. The molecule has 132 valence electrons. The lowest BCUT2D eigenvalue weighted by molar-refractivity contribution is 0.0740. The molecule has 1 fully saturated rings. The third kappa shape index (κ3) is 4.23. The van der Waals surface area contributed by atoms with Crippen molar-refractivity contribution in [1.82, 2.24) is 10.3 Å². The molecule has 5 heteroatoms. The maximum absolute atomic E-state index is 12.9. The van der Waals surface area contributed by atoms with Crippen molar-refractivity contribution in [3.63, 3.8) is 0 Å². The zero-order chi connectivity index (χ0) is 17.7. The summed E-state index contributed by atoms with van der Waals surface area (Å²) in [5.41, 5.74) is 2.21. The average Bonchev–Trinajstić information content (AvgIpc) is 3.10. The number of hydrogen-bond donors (Lipinski definition) is 1. The summed E-state index contributed by atoms with van der Waals surface area (Å²) in [6, 6.07) is 10.2. The van der Waals surface area contributed by atoms with Crippen molar-refractivity contribution in [2.45, 2.75) is 25.7 Å². The van der Waals surface area contributed by atoms with Gasteiger partial charge in [0, 0.05) is 30.2 Å². The van der Waals surface area contributed by atoms with Crippen molar-refractivity contribution in [3.8, 4) is 11.3 Å². The fourth-order valence-corrected chi connectivity index (χ4v) is 3.51. The van der Waals surface area contributed by atoms with Crippen molar-refractivity contribution in [1.29, 1.82) is 0 Å². The maximum atomic E-state index is 12.9. The number of methoxy groups -OCH3 is 1. The third-order valence-corrected chi connectivity index (χ3v) is 4.91. The molecule has 1 aromatic carbocycles.